The lowest BCUT2D eigenvalue weighted by Crippen LogP contribution is -2.10. The molecule has 0 spiro atoms. The molecule has 0 aromatic heterocycles. The maximum absolute atomic E-state index is 13.7. The molecule has 1 heterocycles. The van der Waals surface area contributed by atoms with Gasteiger partial charge in [-0.05, 0) is 100 Å². The van der Waals surface area contributed by atoms with E-state index in [0.717, 1.165) is 22.8 Å². The molecule has 1 unspecified atom stereocenters. The highest BCUT2D eigenvalue weighted by Crippen LogP contribution is 2.39. The second-order valence-electron chi connectivity index (χ2n) is 8.57. The van der Waals surface area contributed by atoms with Crippen LogP contribution in [0, 0.1) is 18.6 Å². The number of nitrogens with zero attached hydrogens (tertiary/aromatic N) is 1. The zero-order valence-corrected chi connectivity index (χ0v) is 25.5. The third-order valence-corrected chi connectivity index (χ3v) is 7.63. The molecule has 3 aromatic rings. The molecule has 39 heavy (non-hydrogen) atoms. The summed E-state index contributed by atoms with van der Waals surface area (Å²) in [4.78, 5) is 3.33. The number of sulfone groups is 1. The van der Waals surface area contributed by atoms with Crippen LogP contribution < -0.4 is 0 Å². The molecule has 1 N–H and O–H groups in total. The molecule has 0 amide bonds. The van der Waals surface area contributed by atoms with E-state index in [1.54, 1.807) is 19.1 Å². The predicted octanol–water partition coefficient (Wildman–Crippen LogP) is 7.88. The SMILES string of the molecule is CC.CN1CCCC1.CS(=O)(=O)c1ccc(Sc2ccc(F)cc2)cc1F.Cc1ccc(C(F)(F)P)c(O)c1. The molecule has 11 heteroatoms. The van der Waals surface area contributed by atoms with Gasteiger partial charge >= 0.3 is 0 Å². The van der Waals surface area contributed by atoms with Crippen molar-refractivity contribution in [2.45, 2.75) is 54.0 Å². The molecule has 216 valence electrons. The summed E-state index contributed by atoms with van der Waals surface area (Å²) < 4.78 is 74.2. The number of benzene rings is 3. The average molecular weight is 606 g/mol. The normalized spacial score (nSPS) is 13.3. The quantitative estimate of drug-likeness (QED) is 0.242. The number of rotatable bonds is 4. The van der Waals surface area contributed by atoms with Gasteiger partial charge in [-0.25, -0.2) is 17.2 Å². The van der Waals surface area contributed by atoms with Crippen LogP contribution >= 0.6 is 21.0 Å². The van der Waals surface area contributed by atoms with Crippen LogP contribution in [0.4, 0.5) is 17.6 Å². The average Bonchev–Trinajstić information content (AvgIpc) is 3.32. The van der Waals surface area contributed by atoms with E-state index in [1.807, 2.05) is 13.8 Å². The summed E-state index contributed by atoms with van der Waals surface area (Å²) in [5, 5.41) is 9.13. The van der Waals surface area contributed by atoms with Crippen molar-refractivity contribution < 1.29 is 31.1 Å². The van der Waals surface area contributed by atoms with Crippen molar-refractivity contribution in [3.8, 4) is 5.75 Å². The number of phenolic OH excluding ortho intramolecular Hbond substituents is 1. The predicted molar refractivity (Wildman–Crippen MR) is 155 cm³/mol. The minimum Gasteiger partial charge on any atom is -0.507 e. The highest BCUT2D eigenvalue weighted by atomic mass is 32.2. The van der Waals surface area contributed by atoms with Crippen LogP contribution in [0.25, 0.3) is 0 Å². The molecule has 1 atom stereocenters. The minimum absolute atomic E-state index is 0.323. The summed E-state index contributed by atoms with van der Waals surface area (Å²) in [6, 6.07) is 13.7. The van der Waals surface area contributed by atoms with E-state index < -0.39 is 21.3 Å². The van der Waals surface area contributed by atoms with Gasteiger partial charge < -0.3 is 10.0 Å². The van der Waals surface area contributed by atoms with Gasteiger partial charge in [-0.1, -0.05) is 40.9 Å². The van der Waals surface area contributed by atoms with E-state index in [2.05, 4.69) is 11.9 Å². The summed E-state index contributed by atoms with van der Waals surface area (Å²) >= 11 is 1.23. The molecular formula is C28H36F4NO3PS2. The first-order valence-corrected chi connectivity index (χ1v) is 15.5. The maximum Gasteiger partial charge on any atom is 0.287 e. The standard InChI is InChI=1S/C13H10F2O2S2.C8H9F2OP.C5H11N.C2H6/c1-19(16,17)13-7-6-11(8-12(13)15)18-10-4-2-9(14)3-5-10;1-5-2-3-6(7(11)4-5)8(9,10)12;1-6-4-2-3-5-6;1-2/h2-8H,1H3;2-4,11H,12H2,1H3;2-5H2,1H3;1-2H3. The number of hydrogen-bond acceptors (Lipinski definition) is 5. The highest BCUT2D eigenvalue weighted by Gasteiger charge is 2.27. The van der Waals surface area contributed by atoms with E-state index in [4.69, 9.17) is 5.11 Å². The van der Waals surface area contributed by atoms with Crippen LogP contribution in [0.1, 0.15) is 37.8 Å². The highest BCUT2D eigenvalue weighted by molar-refractivity contribution is 7.99. The van der Waals surface area contributed by atoms with Crippen molar-refractivity contribution in [1.29, 1.82) is 0 Å². The second-order valence-corrected chi connectivity index (χ2v) is 12.4. The lowest BCUT2D eigenvalue weighted by Gasteiger charge is -2.12. The molecule has 1 fully saturated rings. The van der Waals surface area contributed by atoms with E-state index >= 15 is 0 Å². The van der Waals surface area contributed by atoms with Crippen molar-refractivity contribution in [3.63, 3.8) is 0 Å². The van der Waals surface area contributed by atoms with E-state index in [0.29, 0.717) is 4.90 Å². The van der Waals surface area contributed by atoms with Gasteiger partial charge in [0.05, 0.1) is 5.56 Å². The number of aromatic hydroxyl groups is 1. The summed E-state index contributed by atoms with van der Waals surface area (Å²) in [5.41, 5.74) is -2.67. The maximum atomic E-state index is 13.7. The fourth-order valence-electron chi connectivity index (χ4n) is 3.28. The topological polar surface area (TPSA) is 57.6 Å². The van der Waals surface area contributed by atoms with Gasteiger partial charge in [-0.2, -0.15) is 8.78 Å². The van der Waals surface area contributed by atoms with Crippen molar-refractivity contribution in [2.24, 2.45) is 0 Å². The van der Waals surface area contributed by atoms with Gasteiger partial charge in [0.2, 0.25) is 0 Å². The van der Waals surface area contributed by atoms with Crippen molar-refractivity contribution in [2.75, 3.05) is 26.4 Å². The van der Waals surface area contributed by atoms with Gasteiger partial charge in [-0.15, -0.1) is 0 Å². The van der Waals surface area contributed by atoms with Crippen molar-refractivity contribution in [1.82, 2.24) is 4.90 Å². The van der Waals surface area contributed by atoms with E-state index in [-0.39, 0.29) is 22.0 Å². The molecule has 0 radical (unpaired) electrons. The van der Waals surface area contributed by atoms with Gasteiger partial charge in [0.1, 0.15) is 22.3 Å². The van der Waals surface area contributed by atoms with Gasteiger partial charge in [-0.3, -0.25) is 0 Å². The van der Waals surface area contributed by atoms with Gasteiger partial charge in [0, 0.05) is 16.0 Å². The Morgan fingerprint density at radius 3 is 1.87 bits per heavy atom. The summed E-state index contributed by atoms with van der Waals surface area (Å²) in [6.45, 7) is 8.37. The van der Waals surface area contributed by atoms with E-state index in [9.17, 15) is 26.0 Å². The first-order chi connectivity index (χ1) is 18.2. The third-order valence-electron chi connectivity index (χ3n) is 5.19. The Morgan fingerprint density at radius 1 is 0.923 bits per heavy atom. The Balaban J connectivity index is 0.000000322. The van der Waals surface area contributed by atoms with Crippen molar-refractivity contribution >= 4 is 30.8 Å². The van der Waals surface area contributed by atoms with Crippen LogP contribution in [0.3, 0.4) is 0 Å². The Hall–Kier alpha value is -2.13. The van der Waals surface area contributed by atoms with Crippen LogP contribution in [0.5, 0.6) is 5.75 Å². The molecular weight excluding hydrogens is 569 g/mol. The largest absolute Gasteiger partial charge is 0.507 e. The Kier molecular flexibility index (Phi) is 14.5. The number of halogens is 4. The molecule has 3 aromatic carbocycles. The second kappa shape index (κ2) is 16.2. The lowest BCUT2D eigenvalue weighted by atomic mass is 10.1. The van der Waals surface area contributed by atoms with Gasteiger partial charge in [0.25, 0.3) is 5.66 Å². The van der Waals surface area contributed by atoms with Gasteiger partial charge in [0.15, 0.2) is 9.84 Å². The Bertz CT molecular complexity index is 1280. The Morgan fingerprint density at radius 2 is 1.46 bits per heavy atom. The van der Waals surface area contributed by atoms with Crippen LogP contribution in [0.15, 0.2) is 75.4 Å². The first-order valence-electron chi connectivity index (χ1n) is 12.2. The van der Waals surface area contributed by atoms with E-state index in [1.165, 1.54) is 89.4 Å². The number of alkyl halides is 2. The molecule has 1 aliphatic heterocycles. The fourth-order valence-corrected chi connectivity index (χ4v) is 5.10. The molecule has 0 bridgehead atoms. The smallest absolute Gasteiger partial charge is 0.287 e. The first kappa shape index (κ1) is 34.9. The Labute approximate surface area is 236 Å². The molecule has 1 saturated heterocycles. The number of aryl methyl sites for hydroxylation is 1. The zero-order chi connectivity index (χ0) is 29.8. The minimum atomic E-state index is -3.56. The molecule has 4 rings (SSSR count). The molecule has 4 nitrogen and oxygen atoms in total. The number of hydrogen-bond donors (Lipinski definition) is 1. The van der Waals surface area contributed by atoms with Crippen LogP contribution in [0.2, 0.25) is 0 Å². The molecule has 0 aliphatic carbocycles. The monoisotopic (exact) mass is 605 g/mol. The summed E-state index contributed by atoms with van der Waals surface area (Å²) in [7, 11) is -0.00216. The van der Waals surface area contributed by atoms with Crippen LogP contribution in [-0.4, -0.2) is 44.8 Å². The molecule has 0 saturated carbocycles. The fraction of sp³-hybridized carbons (Fsp3) is 0.357. The van der Waals surface area contributed by atoms with Crippen molar-refractivity contribution in [3.05, 3.63) is 83.4 Å². The lowest BCUT2D eigenvalue weighted by molar-refractivity contribution is 0.101. The summed E-state index contributed by atoms with van der Waals surface area (Å²) in [5.74, 6) is -1.49. The number of phenols is 1. The molecule has 1 aliphatic rings. The third kappa shape index (κ3) is 12.7. The summed E-state index contributed by atoms with van der Waals surface area (Å²) in [6.07, 6.45) is 3.78. The van der Waals surface area contributed by atoms with Crippen LogP contribution in [-0.2, 0) is 15.5 Å². The number of likely N-dealkylation sites (tertiary alicyclic amines) is 1. The zero-order valence-electron chi connectivity index (χ0n) is 22.7.